The van der Waals surface area contributed by atoms with Crippen molar-refractivity contribution in [1.29, 1.82) is 0 Å². The SMILES string of the molecule is CC(C)(NCc1cc(Cl)cc(Cl)c1)c1ccc2c(c1)OCO2. The number of benzene rings is 2. The molecule has 0 unspecified atom stereocenters. The van der Waals surface area contributed by atoms with E-state index in [0.717, 1.165) is 22.6 Å². The lowest BCUT2D eigenvalue weighted by Crippen LogP contribution is -2.35. The molecule has 0 atom stereocenters. The molecule has 22 heavy (non-hydrogen) atoms. The Labute approximate surface area is 140 Å². The Morgan fingerprint density at radius 3 is 2.41 bits per heavy atom. The predicted octanol–water partition coefficient (Wildman–Crippen LogP) is 4.75. The van der Waals surface area contributed by atoms with Gasteiger partial charge in [-0.05, 0) is 55.3 Å². The minimum Gasteiger partial charge on any atom is -0.454 e. The minimum absolute atomic E-state index is 0.226. The summed E-state index contributed by atoms with van der Waals surface area (Å²) in [6, 6.07) is 11.6. The number of ether oxygens (including phenoxy) is 2. The van der Waals surface area contributed by atoms with E-state index < -0.39 is 0 Å². The average Bonchev–Trinajstić information content (AvgIpc) is 2.91. The molecule has 0 bridgehead atoms. The molecule has 0 saturated heterocycles. The molecular weight excluding hydrogens is 321 g/mol. The van der Waals surface area contributed by atoms with Gasteiger partial charge in [0.05, 0.1) is 0 Å². The molecule has 0 aliphatic carbocycles. The summed E-state index contributed by atoms with van der Waals surface area (Å²) in [5.74, 6) is 1.58. The van der Waals surface area contributed by atoms with E-state index in [1.165, 1.54) is 0 Å². The first-order chi connectivity index (χ1) is 10.4. The van der Waals surface area contributed by atoms with E-state index in [2.05, 4.69) is 19.2 Å². The highest BCUT2D eigenvalue weighted by Crippen LogP contribution is 2.35. The molecule has 1 N–H and O–H groups in total. The molecule has 1 aliphatic rings. The molecule has 5 heteroatoms. The van der Waals surface area contributed by atoms with Crippen molar-refractivity contribution in [3.63, 3.8) is 0 Å². The third kappa shape index (κ3) is 3.32. The molecule has 0 aromatic heterocycles. The quantitative estimate of drug-likeness (QED) is 0.873. The third-order valence-corrected chi connectivity index (χ3v) is 4.19. The van der Waals surface area contributed by atoms with Crippen LogP contribution in [0.1, 0.15) is 25.0 Å². The topological polar surface area (TPSA) is 30.5 Å². The van der Waals surface area contributed by atoms with Gasteiger partial charge in [0.2, 0.25) is 6.79 Å². The number of hydrogen-bond donors (Lipinski definition) is 1. The molecule has 0 fully saturated rings. The Morgan fingerprint density at radius 2 is 1.68 bits per heavy atom. The van der Waals surface area contributed by atoms with Gasteiger partial charge in [0.1, 0.15) is 0 Å². The minimum atomic E-state index is -0.226. The molecule has 2 aromatic rings. The molecular formula is C17H17Cl2NO2. The van der Waals surface area contributed by atoms with Crippen LogP contribution in [0.25, 0.3) is 0 Å². The zero-order valence-electron chi connectivity index (χ0n) is 12.5. The molecule has 0 radical (unpaired) electrons. The number of rotatable bonds is 4. The normalized spacial score (nSPS) is 13.5. The Morgan fingerprint density at radius 1 is 1.00 bits per heavy atom. The summed E-state index contributed by atoms with van der Waals surface area (Å²) < 4.78 is 10.8. The zero-order chi connectivity index (χ0) is 15.7. The van der Waals surface area contributed by atoms with E-state index in [-0.39, 0.29) is 12.3 Å². The number of hydrogen-bond acceptors (Lipinski definition) is 3. The fourth-order valence-corrected chi connectivity index (χ4v) is 2.99. The largest absolute Gasteiger partial charge is 0.454 e. The van der Waals surface area contributed by atoms with Gasteiger partial charge in [0.25, 0.3) is 0 Å². The Kier molecular flexibility index (Phi) is 4.22. The highest BCUT2D eigenvalue weighted by Gasteiger charge is 2.23. The van der Waals surface area contributed by atoms with Crippen LogP contribution in [0.2, 0.25) is 10.0 Å². The van der Waals surface area contributed by atoms with Crippen LogP contribution in [-0.2, 0) is 12.1 Å². The smallest absolute Gasteiger partial charge is 0.231 e. The van der Waals surface area contributed by atoms with Crippen LogP contribution in [0.4, 0.5) is 0 Å². The van der Waals surface area contributed by atoms with Gasteiger partial charge in [0, 0.05) is 22.1 Å². The van der Waals surface area contributed by atoms with E-state index in [4.69, 9.17) is 32.7 Å². The summed E-state index contributed by atoms with van der Waals surface area (Å²) in [4.78, 5) is 0. The highest BCUT2D eigenvalue weighted by molar-refractivity contribution is 6.34. The second-order valence-corrected chi connectivity index (χ2v) is 6.70. The van der Waals surface area contributed by atoms with Crippen molar-refractivity contribution in [2.45, 2.75) is 25.9 Å². The summed E-state index contributed by atoms with van der Waals surface area (Å²) in [6.07, 6.45) is 0. The molecule has 0 spiro atoms. The lowest BCUT2D eigenvalue weighted by molar-refractivity contribution is 0.174. The van der Waals surface area contributed by atoms with Gasteiger partial charge in [-0.3, -0.25) is 0 Å². The molecule has 3 nitrogen and oxygen atoms in total. The second kappa shape index (κ2) is 5.99. The molecule has 3 rings (SSSR count). The van der Waals surface area contributed by atoms with Gasteiger partial charge in [-0.25, -0.2) is 0 Å². The van der Waals surface area contributed by atoms with E-state index in [0.29, 0.717) is 16.6 Å². The van der Waals surface area contributed by atoms with Crippen molar-refractivity contribution in [2.75, 3.05) is 6.79 Å². The van der Waals surface area contributed by atoms with Crippen LogP contribution >= 0.6 is 23.2 Å². The lowest BCUT2D eigenvalue weighted by atomic mass is 9.93. The number of nitrogens with one attached hydrogen (secondary N) is 1. The van der Waals surface area contributed by atoms with Crippen LogP contribution < -0.4 is 14.8 Å². The average molecular weight is 338 g/mol. The Hall–Kier alpha value is -1.42. The first-order valence-electron chi connectivity index (χ1n) is 7.04. The Bertz CT molecular complexity index is 681. The predicted molar refractivity (Wildman–Crippen MR) is 88.9 cm³/mol. The van der Waals surface area contributed by atoms with Crippen molar-refractivity contribution in [1.82, 2.24) is 5.32 Å². The van der Waals surface area contributed by atoms with Gasteiger partial charge in [-0.1, -0.05) is 29.3 Å². The fourth-order valence-electron chi connectivity index (χ4n) is 2.42. The van der Waals surface area contributed by atoms with E-state index in [1.807, 2.05) is 30.3 Å². The van der Waals surface area contributed by atoms with Gasteiger partial charge >= 0.3 is 0 Å². The maximum absolute atomic E-state index is 6.04. The maximum Gasteiger partial charge on any atom is 0.231 e. The van der Waals surface area contributed by atoms with Crippen LogP contribution in [0, 0.1) is 0 Å². The summed E-state index contributed by atoms with van der Waals surface area (Å²) in [6.45, 7) is 5.20. The van der Waals surface area contributed by atoms with Crippen LogP contribution in [0.15, 0.2) is 36.4 Å². The standard InChI is InChI=1S/C17H17Cl2NO2/c1-17(2,12-3-4-15-16(7-12)22-10-21-15)20-9-11-5-13(18)8-14(19)6-11/h3-8,20H,9-10H2,1-2H3. The van der Waals surface area contributed by atoms with Crippen LogP contribution in [-0.4, -0.2) is 6.79 Å². The third-order valence-electron chi connectivity index (χ3n) is 3.75. The van der Waals surface area contributed by atoms with Crippen LogP contribution in [0.3, 0.4) is 0 Å². The van der Waals surface area contributed by atoms with E-state index in [1.54, 1.807) is 6.07 Å². The fraction of sp³-hybridized carbons (Fsp3) is 0.294. The summed E-state index contributed by atoms with van der Waals surface area (Å²) in [5, 5.41) is 4.81. The van der Waals surface area contributed by atoms with Crippen molar-refractivity contribution >= 4 is 23.2 Å². The van der Waals surface area contributed by atoms with E-state index in [9.17, 15) is 0 Å². The van der Waals surface area contributed by atoms with Gasteiger partial charge in [-0.15, -0.1) is 0 Å². The summed E-state index contributed by atoms with van der Waals surface area (Å²) in [5.41, 5.74) is 1.95. The number of halogens is 2. The first kappa shape index (κ1) is 15.5. The van der Waals surface area contributed by atoms with Crippen molar-refractivity contribution in [2.24, 2.45) is 0 Å². The molecule has 1 aliphatic heterocycles. The van der Waals surface area contributed by atoms with Crippen molar-refractivity contribution in [3.8, 4) is 11.5 Å². The molecule has 1 heterocycles. The Balaban J connectivity index is 1.75. The molecule has 0 amide bonds. The highest BCUT2D eigenvalue weighted by atomic mass is 35.5. The summed E-state index contributed by atoms with van der Waals surface area (Å²) >= 11 is 12.1. The van der Waals surface area contributed by atoms with Crippen molar-refractivity contribution in [3.05, 3.63) is 57.6 Å². The van der Waals surface area contributed by atoms with Crippen molar-refractivity contribution < 1.29 is 9.47 Å². The maximum atomic E-state index is 6.04. The first-order valence-corrected chi connectivity index (χ1v) is 7.80. The monoisotopic (exact) mass is 337 g/mol. The van der Waals surface area contributed by atoms with Gasteiger partial charge in [-0.2, -0.15) is 0 Å². The number of fused-ring (bicyclic) bond motifs is 1. The molecule has 2 aromatic carbocycles. The second-order valence-electron chi connectivity index (χ2n) is 5.82. The van der Waals surface area contributed by atoms with Gasteiger partial charge in [0.15, 0.2) is 11.5 Å². The van der Waals surface area contributed by atoms with E-state index >= 15 is 0 Å². The lowest BCUT2D eigenvalue weighted by Gasteiger charge is -2.27. The molecule has 116 valence electrons. The summed E-state index contributed by atoms with van der Waals surface area (Å²) in [7, 11) is 0. The molecule has 0 saturated carbocycles. The van der Waals surface area contributed by atoms with Gasteiger partial charge < -0.3 is 14.8 Å². The zero-order valence-corrected chi connectivity index (χ0v) is 14.0. The van der Waals surface area contributed by atoms with Crippen LogP contribution in [0.5, 0.6) is 11.5 Å².